The minimum atomic E-state index is 0.550. The third-order valence-corrected chi connectivity index (χ3v) is 2.74. The van der Waals surface area contributed by atoms with Gasteiger partial charge in [0.05, 0.1) is 0 Å². The third kappa shape index (κ3) is 1.64. The fourth-order valence-electron chi connectivity index (χ4n) is 1.87. The Morgan fingerprint density at radius 1 is 1.07 bits per heavy atom. The normalized spacial score (nSPS) is 18.8. The van der Waals surface area contributed by atoms with Crippen LogP contribution < -0.4 is 5.32 Å². The predicted molar refractivity (Wildman–Crippen MR) is 60.4 cm³/mol. The maximum absolute atomic E-state index is 4.05. The molecule has 1 aliphatic rings. The number of benzene rings is 1. The van der Waals surface area contributed by atoms with Crippen molar-refractivity contribution >= 4 is 0 Å². The van der Waals surface area contributed by atoms with Gasteiger partial charge in [0, 0.05) is 25.0 Å². The van der Waals surface area contributed by atoms with Crippen LogP contribution in [0.1, 0.15) is 11.6 Å². The van der Waals surface area contributed by atoms with Crippen LogP contribution in [0, 0.1) is 0 Å². The monoisotopic (exact) mass is 196 g/mol. The van der Waals surface area contributed by atoms with E-state index in [2.05, 4.69) is 46.7 Å². The van der Waals surface area contributed by atoms with E-state index in [1.807, 2.05) is 12.4 Å². The van der Waals surface area contributed by atoms with Gasteiger partial charge in [-0.25, -0.2) is 0 Å². The van der Waals surface area contributed by atoms with Crippen molar-refractivity contribution in [3.05, 3.63) is 54.4 Å². The molecular formula is C13H12N2. The zero-order valence-corrected chi connectivity index (χ0v) is 8.35. The Morgan fingerprint density at radius 3 is 2.53 bits per heavy atom. The van der Waals surface area contributed by atoms with Gasteiger partial charge in [-0.2, -0.15) is 0 Å². The maximum Gasteiger partial charge on any atom is 0.0453 e. The molecule has 1 aromatic carbocycles. The van der Waals surface area contributed by atoms with Gasteiger partial charge in [0.25, 0.3) is 0 Å². The molecule has 1 aliphatic heterocycles. The van der Waals surface area contributed by atoms with Gasteiger partial charge < -0.3 is 5.32 Å². The van der Waals surface area contributed by atoms with Gasteiger partial charge in [0.2, 0.25) is 0 Å². The van der Waals surface area contributed by atoms with Gasteiger partial charge in [-0.3, -0.25) is 4.98 Å². The summed E-state index contributed by atoms with van der Waals surface area (Å²) in [6.07, 6.45) is 3.68. The molecular weight excluding hydrogens is 184 g/mol. The Balaban J connectivity index is 2.11. The molecule has 1 atom stereocenters. The van der Waals surface area contributed by atoms with Gasteiger partial charge in [0.15, 0.2) is 0 Å². The second-order valence-electron chi connectivity index (χ2n) is 3.78. The summed E-state index contributed by atoms with van der Waals surface area (Å²) in [6.45, 7) is 1.10. The standard InChI is InChI=1S/C13H12N2/c1-2-4-12(13-9-15-13)11(3-1)10-5-7-14-8-6-10/h1-8,13,15H,9H2/t13-/m1/s1. The molecule has 2 heterocycles. The third-order valence-electron chi connectivity index (χ3n) is 2.74. The van der Waals surface area contributed by atoms with E-state index in [9.17, 15) is 0 Å². The summed E-state index contributed by atoms with van der Waals surface area (Å²) in [5.74, 6) is 0. The molecule has 1 saturated heterocycles. The number of rotatable bonds is 2. The van der Waals surface area contributed by atoms with Crippen LogP contribution in [0.25, 0.3) is 11.1 Å². The Labute approximate surface area is 89.0 Å². The summed E-state index contributed by atoms with van der Waals surface area (Å²) in [5, 5.41) is 3.35. The van der Waals surface area contributed by atoms with E-state index >= 15 is 0 Å². The van der Waals surface area contributed by atoms with E-state index < -0.39 is 0 Å². The zero-order valence-electron chi connectivity index (χ0n) is 8.35. The molecule has 0 spiro atoms. The second-order valence-corrected chi connectivity index (χ2v) is 3.78. The van der Waals surface area contributed by atoms with Gasteiger partial charge >= 0.3 is 0 Å². The second kappa shape index (κ2) is 3.48. The highest BCUT2D eigenvalue weighted by Gasteiger charge is 2.24. The van der Waals surface area contributed by atoms with Crippen LogP contribution in [0.15, 0.2) is 48.8 Å². The molecule has 2 nitrogen and oxygen atoms in total. The Kier molecular flexibility index (Phi) is 2.00. The lowest BCUT2D eigenvalue weighted by atomic mass is 9.99. The van der Waals surface area contributed by atoms with Gasteiger partial charge in [0.1, 0.15) is 0 Å². The maximum atomic E-state index is 4.05. The molecule has 0 amide bonds. The smallest absolute Gasteiger partial charge is 0.0453 e. The Bertz CT molecular complexity index is 461. The van der Waals surface area contributed by atoms with E-state index in [0.717, 1.165) is 6.54 Å². The van der Waals surface area contributed by atoms with Crippen LogP contribution in [0.3, 0.4) is 0 Å². The lowest BCUT2D eigenvalue weighted by molar-refractivity contribution is 1.08. The van der Waals surface area contributed by atoms with Crippen molar-refractivity contribution in [2.45, 2.75) is 6.04 Å². The predicted octanol–water partition coefficient (Wildman–Crippen LogP) is 2.39. The average molecular weight is 196 g/mol. The van der Waals surface area contributed by atoms with E-state index in [0.29, 0.717) is 6.04 Å². The average Bonchev–Trinajstić information content (AvgIpc) is 3.14. The Morgan fingerprint density at radius 2 is 1.80 bits per heavy atom. The fourth-order valence-corrected chi connectivity index (χ4v) is 1.87. The molecule has 0 unspecified atom stereocenters. The summed E-state index contributed by atoms with van der Waals surface area (Å²) >= 11 is 0. The molecule has 0 saturated carbocycles. The SMILES string of the molecule is c1ccc([C@H]2CN2)c(-c2ccncc2)c1. The van der Waals surface area contributed by atoms with Crippen molar-refractivity contribution in [2.24, 2.45) is 0 Å². The lowest BCUT2D eigenvalue weighted by Crippen LogP contribution is -1.89. The first-order valence-electron chi connectivity index (χ1n) is 5.18. The summed E-state index contributed by atoms with van der Waals surface area (Å²) < 4.78 is 0. The van der Waals surface area contributed by atoms with Crippen LogP contribution in [-0.2, 0) is 0 Å². The van der Waals surface area contributed by atoms with Crippen molar-refractivity contribution in [1.82, 2.24) is 10.3 Å². The summed E-state index contributed by atoms with van der Waals surface area (Å²) in [5.41, 5.74) is 3.95. The molecule has 0 aliphatic carbocycles. The van der Waals surface area contributed by atoms with Crippen LogP contribution in [0.2, 0.25) is 0 Å². The first kappa shape index (κ1) is 8.62. The number of aromatic nitrogens is 1. The minimum Gasteiger partial charge on any atom is -0.307 e. The number of hydrogen-bond acceptors (Lipinski definition) is 2. The first-order valence-corrected chi connectivity index (χ1v) is 5.18. The lowest BCUT2D eigenvalue weighted by Gasteiger charge is -2.07. The quantitative estimate of drug-likeness (QED) is 0.748. The summed E-state index contributed by atoms with van der Waals surface area (Å²) in [7, 11) is 0. The van der Waals surface area contributed by atoms with E-state index in [-0.39, 0.29) is 0 Å². The van der Waals surface area contributed by atoms with Crippen molar-refractivity contribution < 1.29 is 0 Å². The molecule has 0 radical (unpaired) electrons. The minimum absolute atomic E-state index is 0.550. The van der Waals surface area contributed by atoms with Gasteiger partial charge in [-0.05, 0) is 28.8 Å². The van der Waals surface area contributed by atoms with Crippen LogP contribution >= 0.6 is 0 Å². The van der Waals surface area contributed by atoms with Crippen LogP contribution in [0.4, 0.5) is 0 Å². The van der Waals surface area contributed by atoms with E-state index in [4.69, 9.17) is 0 Å². The highest BCUT2D eigenvalue weighted by Crippen LogP contribution is 2.31. The molecule has 0 bridgehead atoms. The zero-order chi connectivity index (χ0) is 10.1. The van der Waals surface area contributed by atoms with Gasteiger partial charge in [-0.1, -0.05) is 24.3 Å². The summed E-state index contributed by atoms with van der Waals surface area (Å²) in [4.78, 5) is 4.05. The highest BCUT2D eigenvalue weighted by molar-refractivity contribution is 5.68. The Hall–Kier alpha value is -1.67. The molecule has 3 rings (SSSR count). The van der Waals surface area contributed by atoms with Crippen molar-refractivity contribution in [3.8, 4) is 11.1 Å². The fraction of sp³-hybridized carbons (Fsp3) is 0.154. The van der Waals surface area contributed by atoms with Crippen LogP contribution in [-0.4, -0.2) is 11.5 Å². The van der Waals surface area contributed by atoms with Crippen molar-refractivity contribution in [2.75, 3.05) is 6.54 Å². The van der Waals surface area contributed by atoms with E-state index in [1.54, 1.807) is 0 Å². The molecule has 1 N–H and O–H groups in total. The van der Waals surface area contributed by atoms with Crippen molar-refractivity contribution in [1.29, 1.82) is 0 Å². The number of nitrogens with zero attached hydrogens (tertiary/aromatic N) is 1. The van der Waals surface area contributed by atoms with E-state index in [1.165, 1.54) is 16.7 Å². The molecule has 1 fully saturated rings. The van der Waals surface area contributed by atoms with Gasteiger partial charge in [-0.15, -0.1) is 0 Å². The van der Waals surface area contributed by atoms with Crippen molar-refractivity contribution in [3.63, 3.8) is 0 Å². The first-order chi connectivity index (χ1) is 7.45. The number of pyridine rings is 1. The molecule has 15 heavy (non-hydrogen) atoms. The summed E-state index contributed by atoms with van der Waals surface area (Å²) in [6, 6.07) is 13.2. The topological polar surface area (TPSA) is 34.8 Å². The molecule has 2 heteroatoms. The molecule has 1 aromatic heterocycles. The largest absolute Gasteiger partial charge is 0.307 e. The number of nitrogens with one attached hydrogen (secondary N) is 1. The number of hydrogen-bond donors (Lipinski definition) is 1. The van der Waals surface area contributed by atoms with Crippen LogP contribution in [0.5, 0.6) is 0 Å². The molecule has 74 valence electrons. The highest BCUT2D eigenvalue weighted by atomic mass is 15.1. The molecule has 2 aromatic rings.